The normalized spacial score (nSPS) is 17.3. The number of piperidine rings is 1. The molecule has 0 saturated carbocycles. The molecule has 0 amide bonds. The van der Waals surface area contributed by atoms with Crippen molar-refractivity contribution >= 4 is 5.78 Å². The Kier molecular flexibility index (Phi) is 12.3. The molecule has 0 atom stereocenters. The van der Waals surface area contributed by atoms with Gasteiger partial charge in [-0.25, -0.2) is 0 Å². The molecule has 1 saturated heterocycles. The highest BCUT2D eigenvalue weighted by atomic mass is 16.1. The molecule has 0 aromatic heterocycles. The van der Waals surface area contributed by atoms with Crippen molar-refractivity contribution < 1.29 is 6.22 Å². The van der Waals surface area contributed by atoms with Gasteiger partial charge in [-0.05, 0) is 39.9 Å². The van der Waals surface area contributed by atoms with Gasteiger partial charge in [0.05, 0.1) is 0 Å². The molecular weight excluding hydrogens is 174 g/mol. The molecule has 0 aromatic carbocycles. The third-order valence-corrected chi connectivity index (χ3v) is 2.29. The molecule has 0 unspecified atom stereocenters. The standard InChI is InChI=1S/C8H15NO.2C2H6.H2/c1-7(10)8-3-5-9(2)6-4-8;2*1-2;/h8H,3-6H2,1-2H3;2*1-2H3;1H/i;;;1+1. The minimum absolute atomic E-state index is 0. The van der Waals surface area contributed by atoms with E-state index in [-0.39, 0.29) is 1.43 Å². The van der Waals surface area contributed by atoms with Gasteiger partial charge in [0.25, 0.3) is 0 Å². The largest absolute Gasteiger partial charge is 0.306 e. The SMILES string of the molecule is CC.CC.CC(=O)C1CCN(C)CC1.[2HH]. The number of carbonyl (C=O) groups is 1. The highest BCUT2D eigenvalue weighted by Gasteiger charge is 2.19. The van der Waals surface area contributed by atoms with Crippen LogP contribution in [-0.2, 0) is 4.79 Å². The third-order valence-electron chi connectivity index (χ3n) is 2.29. The minimum atomic E-state index is 0. The lowest BCUT2D eigenvalue weighted by atomic mass is 9.94. The van der Waals surface area contributed by atoms with Crippen molar-refractivity contribution in [2.45, 2.75) is 47.5 Å². The monoisotopic (exact) mass is 204 g/mol. The Hall–Kier alpha value is -0.370. The maximum atomic E-state index is 10.9. The van der Waals surface area contributed by atoms with Crippen molar-refractivity contribution in [3.05, 3.63) is 0 Å². The van der Waals surface area contributed by atoms with E-state index in [1.165, 1.54) is 0 Å². The molecule has 88 valence electrons. The molecule has 0 N–H and O–H groups in total. The molecule has 0 aromatic rings. The highest BCUT2D eigenvalue weighted by molar-refractivity contribution is 5.78. The molecule has 0 spiro atoms. The molecule has 0 aliphatic carbocycles. The van der Waals surface area contributed by atoms with Crippen molar-refractivity contribution in [3.63, 3.8) is 0 Å². The van der Waals surface area contributed by atoms with E-state index in [1.54, 1.807) is 6.92 Å². The van der Waals surface area contributed by atoms with Crippen LogP contribution in [0.1, 0.15) is 48.9 Å². The Morgan fingerprint density at radius 1 is 1.14 bits per heavy atom. The number of hydrogen-bond donors (Lipinski definition) is 0. The summed E-state index contributed by atoms with van der Waals surface area (Å²) in [5.41, 5.74) is 0. The number of hydrogen-bond acceptors (Lipinski definition) is 2. The topological polar surface area (TPSA) is 20.3 Å². The molecule has 2 nitrogen and oxygen atoms in total. The van der Waals surface area contributed by atoms with Crippen LogP contribution in [0.3, 0.4) is 0 Å². The predicted molar refractivity (Wildman–Crippen MR) is 65.7 cm³/mol. The Balaban J connectivity index is -0.000000258. The van der Waals surface area contributed by atoms with E-state index in [4.69, 9.17) is 0 Å². The van der Waals surface area contributed by atoms with Gasteiger partial charge in [0.2, 0.25) is 0 Å². The van der Waals surface area contributed by atoms with E-state index in [1.807, 2.05) is 27.7 Å². The van der Waals surface area contributed by atoms with Crippen LogP contribution in [0.2, 0.25) is 0 Å². The lowest BCUT2D eigenvalue weighted by Gasteiger charge is -2.26. The van der Waals surface area contributed by atoms with Crippen LogP contribution in [-0.4, -0.2) is 30.8 Å². The van der Waals surface area contributed by atoms with Gasteiger partial charge in [-0.1, -0.05) is 27.7 Å². The van der Waals surface area contributed by atoms with Gasteiger partial charge in [-0.15, -0.1) is 0 Å². The average molecular weight is 204 g/mol. The highest BCUT2D eigenvalue weighted by Crippen LogP contribution is 2.15. The number of ketones is 1. The fourth-order valence-electron chi connectivity index (χ4n) is 1.42. The molecule has 0 bridgehead atoms. The first-order chi connectivity index (χ1) is 6.70. The second-order valence-corrected chi connectivity index (χ2v) is 3.19. The van der Waals surface area contributed by atoms with Crippen molar-refractivity contribution in [3.8, 4) is 0 Å². The fourth-order valence-corrected chi connectivity index (χ4v) is 1.42. The summed E-state index contributed by atoms with van der Waals surface area (Å²) in [6.07, 6.45) is 2.12. The Morgan fingerprint density at radius 3 is 1.79 bits per heavy atom. The molecule has 0 radical (unpaired) electrons. The zero-order valence-electron chi connectivity index (χ0n) is 10.8. The Labute approximate surface area is 91.2 Å². The van der Waals surface area contributed by atoms with Crippen LogP contribution in [0.5, 0.6) is 0 Å². The molecule has 1 fully saturated rings. The average Bonchev–Trinajstić information content (AvgIpc) is 2.24. The van der Waals surface area contributed by atoms with Crippen LogP contribution in [0.25, 0.3) is 0 Å². The van der Waals surface area contributed by atoms with Gasteiger partial charge in [0, 0.05) is 7.34 Å². The lowest BCUT2D eigenvalue weighted by molar-refractivity contribution is -0.121. The molecular formula is C12H29NO. The number of Topliss-reactive ketones (excluding diaryl/α,β-unsaturated/α-hetero) is 1. The Morgan fingerprint density at radius 2 is 1.50 bits per heavy atom. The molecule has 2 heteroatoms. The van der Waals surface area contributed by atoms with Gasteiger partial charge in [0.1, 0.15) is 5.78 Å². The summed E-state index contributed by atoms with van der Waals surface area (Å²) in [6, 6.07) is 0. The zero-order valence-corrected chi connectivity index (χ0v) is 10.8. The maximum absolute atomic E-state index is 10.9. The lowest BCUT2D eigenvalue weighted by Crippen LogP contribution is -2.32. The first kappa shape index (κ1) is 16.1. The van der Waals surface area contributed by atoms with Gasteiger partial charge in [-0.2, -0.15) is 0 Å². The van der Waals surface area contributed by atoms with Crippen molar-refractivity contribution in [2.24, 2.45) is 5.92 Å². The van der Waals surface area contributed by atoms with Crippen molar-refractivity contribution in [1.82, 2.24) is 4.90 Å². The first-order valence-electron chi connectivity index (χ1n) is 5.89. The van der Waals surface area contributed by atoms with Crippen LogP contribution < -0.4 is 0 Å². The molecule has 1 rings (SSSR count). The summed E-state index contributed by atoms with van der Waals surface area (Å²) in [5, 5.41) is 0. The predicted octanol–water partition coefficient (Wildman–Crippen LogP) is 3.22. The number of rotatable bonds is 1. The summed E-state index contributed by atoms with van der Waals surface area (Å²) < 4.78 is 0. The summed E-state index contributed by atoms with van der Waals surface area (Å²) in [6.45, 7) is 11.9. The van der Waals surface area contributed by atoms with Crippen molar-refractivity contribution in [2.75, 3.05) is 20.1 Å². The number of carbonyl (C=O) groups excluding carboxylic acids is 1. The smallest absolute Gasteiger partial charge is 0.133 e. The van der Waals surface area contributed by atoms with Gasteiger partial charge in [0.15, 0.2) is 0 Å². The summed E-state index contributed by atoms with van der Waals surface area (Å²) >= 11 is 0. The fraction of sp³-hybridized carbons (Fsp3) is 0.917. The van der Waals surface area contributed by atoms with Gasteiger partial charge in [-0.3, -0.25) is 4.79 Å². The second kappa shape index (κ2) is 10.7. The first-order valence-corrected chi connectivity index (χ1v) is 5.89. The van der Waals surface area contributed by atoms with Crippen molar-refractivity contribution in [1.29, 1.82) is 0 Å². The third kappa shape index (κ3) is 7.07. The number of likely N-dealkylation sites (tertiary alicyclic amines) is 1. The maximum Gasteiger partial charge on any atom is 0.133 e. The van der Waals surface area contributed by atoms with E-state index in [0.29, 0.717) is 11.7 Å². The van der Waals surface area contributed by atoms with Gasteiger partial charge < -0.3 is 4.90 Å². The molecule has 1 aliphatic heterocycles. The summed E-state index contributed by atoms with van der Waals surface area (Å²) in [7, 11) is 2.11. The molecule has 14 heavy (non-hydrogen) atoms. The quantitative estimate of drug-likeness (QED) is 0.653. The van der Waals surface area contributed by atoms with Crippen LogP contribution >= 0.6 is 0 Å². The molecule has 1 aliphatic rings. The van der Waals surface area contributed by atoms with E-state index in [2.05, 4.69) is 11.9 Å². The van der Waals surface area contributed by atoms with E-state index in [0.717, 1.165) is 25.9 Å². The van der Waals surface area contributed by atoms with Crippen LogP contribution in [0.4, 0.5) is 0 Å². The van der Waals surface area contributed by atoms with Crippen LogP contribution in [0, 0.1) is 5.92 Å². The summed E-state index contributed by atoms with van der Waals surface area (Å²) in [4.78, 5) is 13.2. The Bertz CT molecular complexity index is 132. The van der Waals surface area contributed by atoms with Gasteiger partial charge >= 0.3 is 0 Å². The molecule has 1 heterocycles. The number of nitrogens with zero attached hydrogens (tertiary/aromatic N) is 1. The zero-order chi connectivity index (χ0) is 11.6. The van der Waals surface area contributed by atoms with E-state index >= 15 is 0 Å². The summed E-state index contributed by atoms with van der Waals surface area (Å²) in [5.74, 6) is 0.726. The minimum Gasteiger partial charge on any atom is -0.306 e. The van der Waals surface area contributed by atoms with E-state index < -0.39 is 0 Å². The van der Waals surface area contributed by atoms with E-state index in [9.17, 15) is 4.79 Å². The second-order valence-electron chi connectivity index (χ2n) is 3.19. The van der Waals surface area contributed by atoms with Crippen LogP contribution in [0.15, 0.2) is 0 Å².